The molecule has 0 aromatic heterocycles. The van der Waals surface area contributed by atoms with Gasteiger partial charge in [-0.1, -0.05) is 37.3 Å². The van der Waals surface area contributed by atoms with Crippen molar-refractivity contribution < 1.29 is 5.11 Å². The van der Waals surface area contributed by atoms with Gasteiger partial charge in [0.2, 0.25) is 0 Å². The van der Waals surface area contributed by atoms with E-state index in [1.54, 1.807) is 5.57 Å². The summed E-state index contributed by atoms with van der Waals surface area (Å²) in [6, 6.07) is 0. The van der Waals surface area contributed by atoms with Crippen molar-refractivity contribution >= 4 is 0 Å². The zero-order valence-corrected chi connectivity index (χ0v) is 13.2. The van der Waals surface area contributed by atoms with Crippen LogP contribution < -0.4 is 0 Å². The van der Waals surface area contributed by atoms with Crippen LogP contribution in [-0.2, 0) is 0 Å². The van der Waals surface area contributed by atoms with Crippen molar-refractivity contribution in [2.75, 3.05) is 0 Å². The molecule has 2 fully saturated rings. The highest BCUT2D eigenvalue weighted by molar-refractivity contribution is 5.33. The van der Waals surface area contributed by atoms with E-state index in [1.165, 1.54) is 44.1 Å². The number of allylic oxidation sites excluding steroid dienone is 4. The molecule has 4 rings (SSSR count). The topological polar surface area (TPSA) is 20.2 Å². The van der Waals surface area contributed by atoms with Gasteiger partial charge in [0.15, 0.2) is 0 Å². The lowest BCUT2D eigenvalue weighted by Crippen LogP contribution is -2.45. The standard InChI is InChI=1S/C20H28O/c1-3-14-5-9-19-18-7-4-13-12-15(21)6-8-16(13)17(18)10-11-20(14,19)2/h3,5,12,15-19,21H,1,4,6-11H2,2H3/t15?,16-,17+,18+,19-,20+/m0/s1. The van der Waals surface area contributed by atoms with Crippen LogP contribution in [0.3, 0.4) is 0 Å². The molecule has 4 aliphatic carbocycles. The molecule has 0 amide bonds. The van der Waals surface area contributed by atoms with Crippen LogP contribution in [-0.4, -0.2) is 11.2 Å². The predicted octanol–water partition coefficient (Wildman–Crippen LogP) is 4.64. The minimum Gasteiger partial charge on any atom is -0.389 e. The maximum Gasteiger partial charge on any atom is 0.0723 e. The molecule has 0 aromatic carbocycles. The van der Waals surface area contributed by atoms with Crippen LogP contribution in [0, 0.1) is 29.1 Å². The number of aliphatic hydroxyl groups excluding tert-OH is 1. The van der Waals surface area contributed by atoms with Crippen molar-refractivity contribution in [1.82, 2.24) is 0 Å². The van der Waals surface area contributed by atoms with Crippen molar-refractivity contribution in [2.24, 2.45) is 29.1 Å². The van der Waals surface area contributed by atoms with Crippen molar-refractivity contribution in [2.45, 2.75) is 58.0 Å². The second-order valence-electron chi connectivity index (χ2n) is 8.02. The zero-order valence-electron chi connectivity index (χ0n) is 13.2. The van der Waals surface area contributed by atoms with Gasteiger partial charge in [-0.25, -0.2) is 0 Å². The lowest BCUT2D eigenvalue weighted by Gasteiger charge is -2.53. The molecule has 4 aliphatic rings. The third-order valence-electron chi connectivity index (χ3n) is 7.29. The van der Waals surface area contributed by atoms with Gasteiger partial charge in [0.1, 0.15) is 0 Å². The SMILES string of the molecule is C=CC1=CC[C@H]2[C@@H]3CCC4=CC(O)CC[C@@H]4[C@H]3CC[C@]12C. The molecule has 0 heterocycles. The van der Waals surface area contributed by atoms with E-state index in [9.17, 15) is 5.11 Å². The third-order valence-corrected chi connectivity index (χ3v) is 7.29. The first kappa shape index (κ1) is 13.8. The van der Waals surface area contributed by atoms with E-state index in [1.807, 2.05) is 0 Å². The molecule has 0 saturated heterocycles. The van der Waals surface area contributed by atoms with E-state index in [0.29, 0.717) is 5.41 Å². The van der Waals surface area contributed by atoms with Crippen LogP contribution >= 0.6 is 0 Å². The van der Waals surface area contributed by atoms with Gasteiger partial charge in [0.05, 0.1) is 6.10 Å². The van der Waals surface area contributed by atoms with E-state index < -0.39 is 0 Å². The summed E-state index contributed by atoms with van der Waals surface area (Å²) < 4.78 is 0. The molecule has 1 heteroatoms. The summed E-state index contributed by atoms with van der Waals surface area (Å²) in [4.78, 5) is 0. The lowest BCUT2D eigenvalue weighted by atomic mass is 9.51. The van der Waals surface area contributed by atoms with Gasteiger partial charge in [-0.05, 0) is 79.6 Å². The fraction of sp³-hybridized carbons (Fsp3) is 0.700. The number of fused-ring (bicyclic) bond motifs is 5. The van der Waals surface area contributed by atoms with Crippen molar-refractivity contribution in [3.05, 3.63) is 36.0 Å². The molecule has 6 atom stereocenters. The maximum atomic E-state index is 9.91. The van der Waals surface area contributed by atoms with E-state index in [2.05, 4.69) is 31.7 Å². The highest BCUT2D eigenvalue weighted by atomic mass is 16.3. The van der Waals surface area contributed by atoms with Gasteiger partial charge in [-0.2, -0.15) is 0 Å². The summed E-state index contributed by atoms with van der Waals surface area (Å²) in [5.74, 6) is 3.41. The van der Waals surface area contributed by atoms with Gasteiger partial charge >= 0.3 is 0 Å². The highest BCUT2D eigenvalue weighted by Gasteiger charge is 2.52. The summed E-state index contributed by atoms with van der Waals surface area (Å²) >= 11 is 0. The molecule has 0 bridgehead atoms. The van der Waals surface area contributed by atoms with Crippen LogP contribution in [0.5, 0.6) is 0 Å². The highest BCUT2D eigenvalue weighted by Crippen LogP contribution is 2.62. The number of rotatable bonds is 1. The van der Waals surface area contributed by atoms with Crippen LogP contribution in [0.4, 0.5) is 0 Å². The van der Waals surface area contributed by atoms with E-state index >= 15 is 0 Å². The zero-order chi connectivity index (χ0) is 14.6. The van der Waals surface area contributed by atoms with Crippen LogP contribution in [0.1, 0.15) is 51.9 Å². The molecule has 1 N–H and O–H groups in total. The Balaban J connectivity index is 1.62. The second-order valence-corrected chi connectivity index (χ2v) is 8.02. The van der Waals surface area contributed by atoms with Gasteiger partial charge in [0, 0.05) is 0 Å². The first-order chi connectivity index (χ1) is 10.1. The molecule has 2 saturated carbocycles. The van der Waals surface area contributed by atoms with E-state index in [-0.39, 0.29) is 6.10 Å². The minimum absolute atomic E-state index is 0.165. The van der Waals surface area contributed by atoms with Crippen LogP contribution in [0.15, 0.2) is 36.0 Å². The summed E-state index contributed by atoms with van der Waals surface area (Å²) in [7, 11) is 0. The Morgan fingerprint density at radius 3 is 2.90 bits per heavy atom. The molecule has 0 aliphatic heterocycles. The molecular formula is C20H28O. The molecule has 0 spiro atoms. The maximum absolute atomic E-state index is 9.91. The van der Waals surface area contributed by atoms with E-state index in [0.717, 1.165) is 30.1 Å². The van der Waals surface area contributed by atoms with E-state index in [4.69, 9.17) is 0 Å². The number of aliphatic hydroxyl groups is 1. The molecule has 0 aromatic rings. The lowest BCUT2D eigenvalue weighted by molar-refractivity contribution is 0.00590. The Hall–Kier alpha value is -0.820. The number of hydrogen-bond acceptors (Lipinski definition) is 1. The Labute approximate surface area is 128 Å². The average Bonchev–Trinajstić information content (AvgIpc) is 2.83. The number of hydrogen-bond donors (Lipinski definition) is 1. The Kier molecular flexibility index (Phi) is 3.19. The normalized spacial score (nSPS) is 48.6. The van der Waals surface area contributed by atoms with Crippen LogP contribution in [0.25, 0.3) is 0 Å². The quantitative estimate of drug-likeness (QED) is 0.695. The fourth-order valence-corrected chi connectivity index (χ4v) is 6.23. The summed E-state index contributed by atoms with van der Waals surface area (Å²) in [6.45, 7) is 6.54. The van der Waals surface area contributed by atoms with Gasteiger partial charge in [-0.15, -0.1) is 0 Å². The third kappa shape index (κ3) is 1.93. The van der Waals surface area contributed by atoms with Crippen molar-refractivity contribution in [3.63, 3.8) is 0 Å². The van der Waals surface area contributed by atoms with Crippen molar-refractivity contribution in [3.8, 4) is 0 Å². The Bertz CT molecular complexity index is 514. The molecular weight excluding hydrogens is 256 g/mol. The first-order valence-corrected chi connectivity index (χ1v) is 8.85. The summed E-state index contributed by atoms with van der Waals surface area (Å²) in [5.41, 5.74) is 3.51. The second kappa shape index (κ2) is 4.84. The van der Waals surface area contributed by atoms with Gasteiger partial charge < -0.3 is 5.11 Å². The largest absolute Gasteiger partial charge is 0.389 e. The van der Waals surface area contributed by atoms with Crippen LogP contribution in [0.2, 0.25) is 0 Å². The smallest absolute Gasteiger partial charge is 0.0723 e. The van der Waals surface area contributed by atoms with Crippen molar-refractivity contribution in [1.29, 1.82) is 0 Å². The van der Waals surface area contributed by atoms with Gasteiger partial charge in [-0.3, -0.25) is 0 Å². The monoisotopic (exact) mass is 284 g/mol. The fourth-order valence-electron chi connectivity index (χ4n) is 6.23. The summed E-state index contributed by atoms with van der Waals surface area (Å²) in [5, 5.41) is 9.91. The van der Waals surface area contributed by atoms with Gasteiger partial charge in [0.25, 0.3) is 0 Å². The Morgan fingerprint density at radius 2 is 2.10 bits per heavy atom. The molecule has 114 valence electrons. The molecule has 21 heavy (non-hydrogen) atoms. The average molecular weight is 284 g/mol. The molecule has 1 unspecified atom stereocenters. The Morgan fingerprint density at radius 1 is 1.24 bits per heavy atom. The first-order valence-electron chi connectivity index (χ1n) is 8.85. The minimum atomic E-state index is -0.165. The molecule has 0 radical (unpaired) electrons. The predicted molar refractivity (Wildman–Crippen MR) is 86.8 cm³/mol. The molecule has 1 nitrogen and oxygen atoms in total. The summed E-state index contributed by atoms with van der Waals surface area (Å²) in [6.07, 6.45) is 15.4.